The van der Waals surface area contributed by atoms with E-state index in [1.54, 1.807) is 0 Å². The number of rotatable bonds is 1. The van der Waals surface area contributed by atoms with E-state index in [1.807, 2.05) is 24.3 Å². The Labute approximate surface area is 99.1 Å². The Kier molecular flexibility index (Phi) is 2.22. The lowest BCUT2D eigenvalue weighted by Crippen LogP contribution is -2.19. The van der Waals surface area contributed by atoms with Gasteiger partial charge in [0.25, 0.3) is 0 Å². The molecule has 0 radical (unpaired) electrons. The summed E-state index contributed by atoms with van der Waals surface area (Å²) in [4.78, 5) is 15.2. The molecule has 0 spiro atoms. The van der Waals surface area contributed by atoms with Crippen molar-refractivity contribution in [2.75, 3.05) is 0 Å². The maximum absolute atomic E-state index is 12.0. The summed E-state index contributed by atoms with van der Waals surface area (Å²) in [5, 5.41) is 9.87. The van der Waals surface area contributed by atoms with Gasteiger partial charge in [-0.3, -0.25) is 4.79 Å². The van der Waals surface area contributed by atoms with Crippen molar-refractivity contribution in [2.45, 2.75) is 19.3 Å². The quantitative estimate of drug-likeness (QED) is 0.809. The van der Waals surface area contributed by atoms with Gasteiger partial charge in [-0.1, -0.05) is 18.2 Å². The van der Waals surface area contributed by atoms with Gasteiger partial charge in [-0.25, -0.2) is 0 Å². The number of ketones is 1. The van der Waals surface area contributed by atoms with Gasteiger partial charge in [-0.05, 0) is 24.0 Å². The molecule has 3 heteroatoms. The molecule has 3 rings (SSSR count). The van der Waals surface area contributed by atoms with Gasteiger partial charge < -0.3 is 4.98 Å². The molecule has 0 fully saturated rings. The van der Waals surface area contributed by atoms with Crippen molar-refractivity contribution in [1.82, 2.24) is 4.98 Å². The number of nitrogens with one attached hydrogen (secondary N) is 1. The third-order valence-electron chi connectivity index (χ3n) is 3.44. The van der Waals surface area contributed by atoms with E-state index in [0.29, 0.717) is 12.8 Å². The molecule has 1 aliphatic carbocycles. The van der Waals surface area contributed by atoms with Gasteiger partial charge in [0.15, 0.2) is 5.78 Å². The van der Waals surface area contributed by atoms with Gasteiger partial charge in [-0.2, -0.15) is 5.26 Å². The fraction of sp³-hybridized carbons (Fsp3) is 0.286. The second-order valence-corrected chi connectivity index (χ2v) is 4.58. The molecule has 17 heavy (non-hydrogen) atoms. The number of carbonyl (C=O) groups excluding carboxylic acids is 1. The highest BCUT2D eigenvalue weighted by molar-refractivity contribution is 6.03. The highest BCUT2D eigenvalue weighted by atomic mass is 16.1. The van der Waals surface area contributed by atoms with Gasteiger partial charge in [0.1, 0.15) is 0 Å². The van der Waals surface area contributed by atoms with E-state index < -0.39 is 0 Å². The van der Waals surface area contributed by atoms with Crippen LogP contribution in [0.25, 0.3) is 10.9 Å². The van der Waals surface area contributed by atoms with Crippen LogP contribution in [-0.2, 0) is 6.42 Å². The molecule has 1 atom stereocenters. The van der Waals surface area contributed by atoms with Crippen LogP contribution in [0.15, 0.2) is 24.3 Å². The summed E-state index contributed by atoms with van der Waals surface area (Å²) in [6.45, 7) is 0. The fourth-order valence-corrected chi connectivity index (χ4v) is 2.65. The molecule has 1 N–H and O–H groups in total. The molecule has 84 valence electrons. The lowest BCUT2D eigenvalue weighted by Gasteiger charge is -2.18. The van der Waals surface area contributed by atoms with E-state index >= 15 is 0 Å². The second kappa shape index (κ2) is 3.74. The predicted octanol–water partition coefficient (Wildman–Crippen LogP) is 2.83. The molecule has 0 unspecified atom stereocenters. The highest BCUT2D eigenvalue weighted by Gasteiger charge is 2.28. The first-order valence-electron chi connectivity index (χ1n) is 5.79. The van der Waals surface area contributed by atoms with Crippen molar-refractivity contribution in [3.63, 3.8) is 0 Å². The van der Waals surface area contributed by atoms with Crippen LogP contribution in [0.4, 0.5) is 0 Å². The molecule has 1 aliphatic rings. The zero-order valence-electron chi connectivity index (χ0n) is 9.36. The first kappa shape index (κ1) is 10.1. The molecule has 0 saturated carbocycles. The molecule has 0 bridgehead atoms. The molecular weight excluding hydrogens is 212 g/mol. The number of Topliss-reactive ketones (excluding diaryl/α,β-unsaturated/α-hetero) is 1. The number of para-hydroxylation sites is 1. The van der Waals surface area contributed by atoms with Crippen LogP contribution in [0.5, 0.6) is 0 Å². The van der Waals surface area contributed by atoms with Gasteiger partial charge in [0.05, 0.1) is 11.8 Å². The summed E-state index contributed by atoms with van der Waals surface area (Å²) in [6.07, 6.45) is 1.79. The number of aromatic nitrogens is 1. The number of nitriles is 1. The summed E-state index contributed by atoms with van der Waals surface area (Å²) in [6, 6.07) is 10.1. The van der Waals surface area contributed by atoms with Crippen LogP contribution < -0.4 is 0 Å². The SMILES string of the molecule is N#CC[C@H]1CC(=O)c2[nH]c3ccccc3c2C1. The Morgan fingerprint density at radius 3 is 3.00 bits per heavy atom. The normalized spacial score (nSPS) is 19.0. The van der Waals surface area contributed by atoms with E-state index in [-0.39, 0.29) is 11.7 Å². The standard InChI is InChI=1S/C14H12N2O/c15-6-5-9-7-11-10-3-1-2-4-12(10)16-14(11)13(17)8-9/h1-4,9,16H,5,7-8H2/t9-/m1/s1. The minimum absolute atomic E-state index is 0.141. The summed E-state index contributed by atoms with van der Waals surface area (Å²) < 4.78 is 0. The zero-order chi connectivity index (χ0) is 11.8. The molecular formula is C14H12N2O. The Morgan fingerprint density at radius 1 is 1.35 bits per heavy atom. The highest BCUT2D eigenvalue weighted by Crippen LogP contribution is 2.32. The molecule has 1 aromatic heterocycles. The second-order valence-electron chi connectivity index (χ2n) is 4.58. The largest absolute Gasteiger partial charge is 0.352 e. The minimum atomic E-state index is 0.141. The summed E-state index contributed by atoms with van der Waals surface area (Å²) in [5.74, 6) is 0.321. The van der Waals surface area contributed by atoms with Crippen LogP contribution >= 0.6 is 0 Å². The van der Waals surface area contributed by atoms with Crippen molar-refractivity contribution >= 4 is 16.7 Å². The Balaban J connectivity index is 2.14. The number of nitrogens with zero attached hydrogens (tertiary/aromatic N) is 1. The number of fused-ring (bicyclic) bond motifs is 3. The van der Waals surface area contributed by atoms with Crippen molar-refractivity contribution in [2.24, 2.45) is 5.92 Å². The third kappa shape index (κ3) is 1.53. The van der Waals surface area contributed by atoms with Crippen LogP contribution in [0, 0.1) is 17.2 Å². The van der Waals surface area contributed by atoms with Crippen molar-refractivity contribution in [1.29, 1.82) is 5.26 Å². The van der Waals surface area contributed by atoms with Crippen LogP contribution in [-0.4, -0.2) is 10.8 Å². The molecule has 3 nitrogen and oxygen atoms in total. The van der Waals surface area contributed by atoms with Gasteiger partial charge in [0, 0.05) is 23.7 Å². The average Bonchev–Trinajstić information content (AvgIpc) is 2.69. The van der Waals surface area contributed by atoms with E-state index in [4.69, 9.17) is 5.26 Å². The molecule has 0 saturated heterocycles. The van der Waals surface area contributed by atoms with Gasteiger partial charge in [-0.15, -0.1) is 0 Å². The van der Waals surface area contributed by atoms with Crippen LogP contribution in [0.3, 0.4) is 0 Å². The predicted molar refractivity (Wildman–Crippen MR) is 64.7 cm³/mol. The van der Waals surface area contributed by atoms with Gasteiger partial charge >= 0.3 is 0 Å². The maximum Gasteiger partial charge on any atom is 0.179 e. The summed E-state index contributed by atoms with van der Waals surface area (Å²) >= 11 is 0. The molecule has 0 amide bonds. The van der Waals surface area contributed by atoms with Crippen molar-refractivity contribution in [3.05, 3.63) is 35.5 Å². The Morgan fingerprint density at radius 2 is 2.18 bits per heavy atom. The molecule has 1 heterocycles. The first-order chi connectivity index (χ1) is 8.29. The van der Waals surface area contributed by atoms with Crippen LogP contribution in [0.2, 0.25) is 0 Å². The lowest BCUT2D eigenvalue weighted by molar-refractivity contribution is 0.0946. The number of benzene rings is 1. The Hall–Kier alpha value is -2.08. The maximum atomic E-state index is 12.0. The van der Waals surface area contributed by atoms with E-state index in [2.05, 4.69) is 11.1 Å². The topological polar surface area (TPSA) is 56.6 Å². The fourth-order valence-electron chi connectivity index (χ4n) is 2.65. The molecule has 1 aromatic carbocycles. The number of hydrogen-bond donors (Lipinski definition) is 1. The molecule has 2 aromatic rings. The number of carbonyl (C=O) groups is 1. The summed E-state index contributed by atoms with van der Waals surface area (Å²) in [7, 11) is 0. The monoisotopic (exact) mass is 224 g/mol. The average molecular weight is 224 g/mol. The third-order valence-corrected chi connectivity index (χ3v) is 3.44. The van der Waals surface area contributed by atoms with Crippen molar-refractivity contribution in [3.8, 4) is 6.07 Å². The Bertz CT molecular complexity index is 633. The van der Waals surface area contributed by atoms with E-state index in [0.717, 1.165) is 28.6 Å². The lowest BCUT2D eigenvalue weighted by atomic mass is 9.84. The smallest absolute Gasteiger partial charge is 0.179 e. The summed E-state index contributed by atoms with van der Waals surface area (Å²) in [5.41, 5.74) is 2.86. The molecule has 0 aliphatic heterocycles. The van der Waals surface area contributed by atoms with E-state index in [1.165, 1.54) is 0 Å². The number of H-pyrrole nitrogens is 1. The van der Waals surface area contributed by atoms with Crippen molar-refractivity contribution < 1.29 is 4.79 Å². The zero-order valence-corrected chi connectivity index (χ0v) is 9.36. The number of hydrogen-bond acceptors (Lipinski definition) is 2. The number of aromatic amines is 1. The van der Waals surface area contributed by atoms with E-state index in [9.17, 15) is 4.79 Å². The van der Waals surface area contributed by atoms with Crippen LogP contribution in [0.1, 0.15) is 28.9 Å². The van der Waals surface area contributed by atoms with Gasteiger partial charge in [0.2, 0.25) is 0 Å². The first-order valence-corrected chi connectivity index (χ1v) is 5.79. The minimum Gasteiger partial charge on any atom is -0.352 e.